The first-order valence-electron chi connectivity index (χ1n) is 15.5. The lowest BCUT2D eigenvalue weighted by Crippen LogP contribution is -2.46. The highest BCUT2D eigenvalue weighted by Crippen LogP contribution is 2.43. The molecule has 4 nitrogen and oxygen atoms in total. The van der Waals surface area contributed by atoms with E-state index in [9.17, 15) is 5.11 Å². The second kappa shape index (κ2) is 14.1. The lowest BCUT2D eigenvalue weighted by molar-refractivity contribution is -0.293. The monoisotopic (exact) mass is 606 g/mol. The molecule has 1 fully saturated rings. The van der Waals surface area contributed by atoms with Crippen molar-refractivity contribution in [3.63, 3.8) is 0 Å². The summed E-state index contributed by atoms with van der Waals surface area (Å²) < 4.78 is 19.1. The van der Waals surface area contributed by atoms with Gasteiger partial charge in [-0.2, -0.15) is 0 Å². The van der Waals surface area contributed by atoms with Crippen LogP contribution >= 0.6 is 11.6 Å². The van der Waals surface area contributed by atoms with E-state index < -0.39 is 5.79 Å². The third kappa shape index (κ3) is 7.23. The minimum Gasteiger partial charge on any atom is -0.374 e. The number of benzene rings is 5. The van der Waals surface area contributed by atoms with Crippen molar-refractivity contribution >= 4 is 22.4 Å². The fraction of sp³-hybridized carbons (Fsp3) is 0.282. The molecule has 1 N–H and O–H groups in total. The second-order valence-electron chi connectivity index (χ2n) is 11.7. The van der Waals surface area contributed by atoms with Crippen LogP contribution in [0.15, 0.2) is 115 Å². The van der Waals surface area contributed by atoms with Gasteiger partial charge in [0, 0.05) is 23.8 Å². The molecule has 0 aromatic heterocycles. The van der Waals surface area contributed by atoms with Gasteiger partial charge in [-0.15, -0.1) is 0 Å². The molecule has 44 heavy (non-hydrogen) atoms. The topological polar surface area (TPSA) is 47.9 Å². The van der Waals surface area contributed by atoms with Crippen molar-refractivity contribution in [1.29, 1.82) is 0 Å². The zero-order valence-electron chi connectivity index (χ0n) is 25.1. The summed E-state index contributed by atoms with van der Waals surface area (Å²) in [6, 6.07) is 38.9. The van der Waals surface area contributed by atoms with Gasteiger partial charge >= 0.3 is 0 Å². The quantitative estimate of drug-likeness (QED) is 0.163. The van der Waals surface area contributed by atoms with E-state index in [0.717, 1.165) is 39.4 Å². The van der Waals surface area contributed by atoms with E-state index in [2.05, 4.69) is 43.3 Å². The number of fused-ring (bicyclic) bond motifs is 1. The molecule has 5 aromatic carbocycles. The van der Waals surface area contributed by atoms with E-state index in [1.807, 2.05) is 78.9 Å². The maximum absolute atomic E-state index is 12.4. The smallest absolute Gasteiger partial charge is 0.195 e. The van der Waals surface area contributed by atoms with Crippen LogP contribution in [0.5, 0.6) is 0 Å². The van der Waals surface area contributed by atoms with Crippen LogP contribution in [-0.2, 0) is 46.1 Å². The first kappa shape index (κ1) is 30.5. The summed E-state index contributed by atoms with van der Waals surface area (Å²) in [5.41, 5.74) is 6.30. The Hall–Kier alpha value is -3.51. The minimum absolute atomic E-state index is 0.237. The van der Waals surface area contributed by atoms with Gasteiger partial charge in [-0.25, -0.2) is 0 Å². The number of ether oxygens (including phenoxy) is 3. The van der Waals surface area contributed by atoms with Crippen LogP contribution in [0.25, 0.3) is 10.8 Å². The molecular weight excluding hydrogens is 568 g/mol. The van der Waals surface area contributed by atoms with Crippen LogP contribution in [-0.4, -0.2) is 23.9 Å². The Bertz CT molecular complexity index is 1660. The van der Waals surface area contributed by atoms with Crippen LogP contribution < -0.4 is 0 Å². The zero-order valence-corrected chi connectivity index (χ0v) is 25.9. The molecule has 0 bridgehead atoms. The molecule has 5 aromatic rings. The molecule has 0 aliphatic carbocycles. The van der Waals surface area contributed by atoms with Crippen molar-refractivity contribution in [1.82, 2.24) is 0 Å². The van der Waals surface area contributed by atoms with E-state index in [-0.39, 0.29) is 12.2 Å². The maximum Gasteiger partial charge on any atom is 0.195 e. The highest BCUT2D eigenvalue weighted by molar-refractivity contribution is 6.36. The number of rotatable bonds is 11. The Morgan fingerprint density at radius 2 is 1.39 bits per heavy atom. The SMILES string of the molecule is CCc1ccc(Cc2cc([C@@]3(O)CC(OCc4ccccc4)CC(COCc4ccccc4)O3)c3ccccc3c2Cl)cc1. The largest absolute Gasteiger partial charge is 0.374 e. The average molecular weight is 607 g/mol. The third-order valence-electron chi connectivity index (χ3n) is 8.44. The normalized spacial score (nSPS) is 20.2. The Morgan fingerprint density at radius 3 is 2.07 bits per heavy atom. The van der Waals surface area contributed by atoms with E-state index in [4.69, 9.17) is 25.8 Å². The van der Waals surface area contributed by atoms with Gasteiger partial charge in [-0.05, 0) is 52.1 Å². The molecule has 2 unspecified atom stereocenters. The van der Waals surface area contributed by atoms with Gasteiger partial charge in [-0.3, -0.25) is 0 Å². The second-order valence-corrected chi connectivity index (χ2v) is 12.1. The number of aliphatic hydroxyl groups is 1. The summed E-state index contributed by atoms with van der Waals surface area (Å²) in [6.45, 7) is 3.42. The predicted molar refractivity (Wildman–Crippen MR) is 177 cm³/mol. The summed E-state index contributed by atoms with van der Waals surface area (Å²) in [7, 11) is 0. The van der Waals surface area contributed by atoms with Crippen LogP contribution in [0.1, 0.15) is 53.1 Å². The fourth-order valence-corrected chi connectivity index (χ4v) is 6.38. The van der Waals surface area contributed by atoms with Gasteiger partial charge in [0.25, 0.3) is 0 Å². The van der Waals surface area contributed by atoms with Gasteiger partial charge in [0.15, 0.2) is 5.79 Å². The van der Waals surface area contributed by atoms with Gasteiger partial charge in [-0.1, -0.05) is 128 Å². The molecular formula is C39H39ClO4. The number of hydrogen-bond donors (Lipinski definition) is 1. The maximum atomic E-state index is 12.4. The third-order valence-corrected chi connectivity index (χ3v) is 8.88. The number of hydrogen-bond acceptors (Lipinski definition) is 4. The summed E-state index contributed by atoms with van der Waals surface area (Å²) in [5, 5.41) is 14.9. The molecule has 1 aliphatic rings. The van der Waals surface area contributed by atoms with Crippen molar-refractivity contribution in [2.45, 2.75) is 63.8 Å². The Balaban J connectivity index is 1.31. The molecule has 6 rings (SSSR count). The molecule has 0 saturated carbocycles. The van der Waals surface area contributed by atoms with Crippen LogP contribution in [0.3, 0.4) is 0 Å². The minimum atomic E-state index is -1.59. The number of halogens is 1. The zero-order chi connectivity index (χ0) is 30.4. The van der Waals surface area contributed by atoms with E-state index >= 15 is 0 Å². The van der Waals surface area contributed by atoms with E-state index in [1.54, 1.807) is 0 Å². The highest BCUT2D eigenvalue weighted by atomic mass is 35.5. The Kier molecular flexibility index (Phi) is 9.76. The van der Waals surface area contributed by atoms with Crippen molar-refractivity contribution in [3.8, 4) is 0 Å². The Labute approximate surface area is 265 Å². The van der Waals surface area contributed by atoms with Gasteiger partial charge in [0.05, 0.1) is 37.1 Å². The van der Waals surface area contributed by atoms with Crippen molar-refractivity contribution < 1.29 is 19.3 Å². The molecule has 1 aliphatic heterocycles. The van der Waals surface area contributed by atoms with Gasteiger partial charge in [0.2, 0.25) is 0 Å². The summed E-state index contributed by atoms with van der Waals surface area (Å²) in [5.74, 6) is -1.59. The van der Waals surface area contributed by atoms with Crippen molar-refractivity contribution in [2.24, 2.45) is 0 Å². The first-order valence-corrected chi connectivity index (χ1v) is 15.8. The lowest BCUT2D eigenvalue weighted by Gasteiger charge is -2.42. The molecule has 0 radical (unpaired) electrons. The predicted octanol–water partition coefficient (Wildman–Crippen LogP) is 8.77. The van der Waals surface area contributed by atoms with Crippen molar-refractivity contribution in [3.05, 3.63) is 154 Å². The number of aryl methyl sites for hydroxylation is 1. The van der Waals surface area contributed by atoms with Gasteiger partial charge < -0.3 is 19.3 Å². The van der Waals surface area contributed by atoms with Crippen molar-refractivity contribution in [2.75, 3.05) is 6.61 Å². The van der Waals surface area contributed by atoms with Crippen LogP contribution in [0, 0.1) is 0 Å². The highest BCUT2D eigenvalue weighted by Gasteiger charge is 2.43. The van der Waals surface area contributed by atoms with E-state index in [1.165, 1.54) is 5.56 Å². The molecule has 3 atom stereocenters. The molecule has 1 saturated heterocycles. The fourth-order valence-electron chi connectivity index (χ4n) is 6.09. The van der Waals surface area contributed by atoms with Gasteiger partial charge in [0.1, 0.15) is 0 Å². The first-order chi connectivity index (χ1) is 21.5. The molecule has 0 spiro atoms. The van der Waals surface area contributed by atoms with Crippen LogP contribution in [0.2, 0.25) is 5.02 Å². The standard InChI is InChI=1S/C39H39ClO4/c1-2-28-17-19-29(20-18-28)21-32-22-37(35-15-9-10-16-36(35)38(32)40)39(41)24-33(43-26-31-13-7-4-8-14-31)23-34(44-39)27-42-25-30-11-5-3-6-12-30/h3-20,22,33-34,41H,2,21,23-27H2,1H3/t33?,34?,39-/m1/s1. The molecule has 226 valence electrons. The lowest BCUT2D eigenvalue weighted by atomic mass is 9.87. The summed E-state index contributed by atoms with van der Waals surface area (Å²) in [4.78, 5) is 0. The molecule has 5 heteroatoms. The van der Waals surface area contributed by atoms with Crippen LogP contribution in [0.4, 0.5) is 0 Å². The van der Waals surface area contributed by atoms with E-state index in [0.29, 0.717) is 49.7 Å². The molecule has 1 heterocycles. The molecule has 0 amide bonds. The summed E-state index contributed by atoms with van der Waals surface area (Å²) in [6.07, 6.45) is 1.96. The summed E-state index contributed by atoms with van der Waals surface area (Å²) >= 11 is 7.04. The average Bonchev–Trinajstić information content (AvgIpc) is 3.06. The Morgan fingerprint density at radius 1 is 0.773 bits per heavy atom.